The summed E-state index contributed by atoms with van der Waals surface area (Å²) in [7, 11) is -3.52. The van der Waals surface area contributed by atoms with Gasteiger partial charge in [-0.2, -0.15) is 0 Å². The first kappa shape index (κ1) is 15.7. The molecule has 110 valence electrons. The Morgan fingerprint density at radius 1 is 1.35 bits per heavy atom. The molecule has 2 rings (SSSR count). The van der Waals surface area contributed by atoms with Crippen molar-refractivity contribution in [2.45, 2.75) is 30.8 Å². The second-order valence-corrected chi connectivity index (χ2v) is 8.80. The Kier molecular flexibility index (Phi) is 4.66. The van der Waals surface area contributed by atoms with Crippen LogP contribution in [0.4, 0.5) is 0 Å². The van der Waals surface area contributed by atoms with Crippen molar-refractivity contribution in [1.82, 2.24) is 4.72 Å². The first-order valence-electron chi connectivity index (χ1n) is 6.07. The topological polar surface area (TPSA) is 66.4 Å². The molecular formula is C13H17NO3S3. The molecule has 2 heterocycles. The van der Waals surface area contributed by atoms with Crippen LogP contribution in [0.2, 0.25) is 0 Å². The number of hydrogen-bond acceptors (Lipinski definition) is 5. The van der Waals surface area contributed by atoms with Crippen LogP contribution in [-0.2, 0) is 22.0 Å². The summed E-state index contributed by atoms with van der Waals surface area (Å²) in [5.74, 6) is 0. The summed E-state index contributed by atoms with van der Waals surface area (Å²) in [6, 6.07) is 5.47. The lowest BCUT2D eigenvalue weighted by atomic mass is 9.92. The van der Waals surface area contributed by atoms with Gasteiger partial charge in [0.25, 0.3) is 0 Å². The Morgan fingerprint density at radius 2 is 2.10 bits per heavy atom. The van der Waals surface area contributed by atoms with Crippen molar-refractivity contribution < 1.29 is 13.5 Å². The number of nitrogens with one attached hydrogen (secondary N) is 1. The molecule has 0 radical (unpaired) electrons. The van der Waals surface area contributed by atoms with Gasteiger partial charge in [-0.15, -0.1) is 22.7 Å². The summed E-state index contributed by atoms with van der Waals surface area (Å²) >= 11 is 2.86. The predicted octanol–water partition coefficient (Wildman–Crippen LogP) is 2.56. The van der Waals surface area contributed by atoms with Gasteiger partial charge in [-0.3, -0.25) is 0 Å². The van der Waals surface area contributed by atoms with Gasteiger partial charge in [-0.1, -0.05) is 19.9 Å². The molecule has 2 aromatic heterocycles. The largest absolute Gasteiger partial charge is 0.391 e. The minimum absolute atomic E-state index is 0.138. The molecule has 0 unspecified atom stereocenters. The molecule has 0 aliphatic heterocycles. The maximum Gasteiger partial charge on any atom is 0.241 e. The first-order valence-corrected chi connectivity index (χ1v) is 9.31. The molecule has 0 saturated carbocycles. The fraction of sp³-hybridized carbons (Fsp3) is 0.385. The standard InChI is InChI=1S/C13H17NO3S3/c1-13(2,12-4-3-5-18-12)9-14-20(16,17)11-6-10(7-15)19-8-11/h3-6,8,14-15H,7,9H2,1-2H3. The van der Waals surface area contributed by atoms with E-state index in [-0.39, 0.29) is 16.9 Å². The smallest absolute Gasteiger partial charge is 0.241 e. The van der Waals surface area contributed by atoms with Crippen molar-refractivity contribution in [3.63, 3.8) is 0 Å². The average molecular weight is 331 g/mol. The Bertz CT molecular complexity index is 657. The monoisotopic (exact) mass is 331 g/mol. The zero-order valence-corrected chi connectivity index (χ0v) is 13.7. The van der Waals surface area contributed by atoms with Crippen molar-refractivity contribution in [1.29, 1.82) is 0 Å². The number of aliphatic hydroxyl groups excluding tert-OH is 1. The summed E-state index contributed by atoms with van der Waals surface area (Å²) in [5, 5.41) is 12.5. The normalized spacial score (nSPS) is 12.8. The van der Waals surface area contributed by atoms with Gasteiger partial charge in [0.05, 0.1) is 11.5 Å². The van der Waals surface area contributed by atoms with Crippen LogP contribution in [0.1, 0.15) is 23.6 Å². The molecule has 0 aliphatic rings. The highest BCUT2D eigenvalue weighted by Crippen LogP contribution is 2.27. The van der Waals surface area contributed by atoms with E-state index >= 15 is 0 Å². The van der Waals surface area contributed by atoms with Gasteiger partial charge in [-0.05, 0) is 17.5 Å². The Labute approximate surface area is 127 Å². The zero-order valence-electron chi connectivity index (χ0n) is 11.3. The molecule has 0 spiro atoms. The van der Waals surface area contributed by atoms with Crippen LogP contribution < -0.4 is 4.72 Å². The van der Waals surface area contributed by atoms with E-state index in [0.717, 1.165) is 4.88 Å². The minimum Gasteiger partial charge on any atom is -0.391 e. The number of hydrogen-bond donors (Lipinski definition) is 2. The molecular weight excluding hydrogens is 314 g/mol. The van der Waals surface area contributed by atoms with Crippen LogP contribution in [0.25, 0.3) is 0 Å². The molecule has 20 heavy (non-hydrogen) atoms. The van der Waals surface area contributed by atoms with Gasteiger partial charge in [0.15, 0.2) is 0 Å². The van der Waals surface area contributed by atoms with E-state index < -0.39 is 10.0 Å². The Morgan fingerprint density at radius 3 is 2.65 bits per heavy atom. The second kappa shape index (κ2) is 5.95. The lowest BCUT2D eigenvalue weighted by Crippen LogP contribution is -2.36. The van der Waals surface area contributed by atoms with E-state index in [2.05, 4.69) is 4.72 Å². The molecule has 0 aliphatic carbocycles. The summed E-state index contributed by atoms with van der Waals surface area (Å²) < 4.78 is 27.0. The van der Waals surface area contributed by atoms with Crippen molar-refractivity contribution in [3.8, 4) is 0 Å². The molecule has 0 fully saturated rings. The molecule has 7 heteroatoms. The Balaban J connectivity index is 2.09. The van der Waals surface area contributed by atoms with Crippen LogP contribution in [0.15, 0.2) is 33.9 Å². The number of thiophene rings is 2. The third-order valence-electron chi connectivity index (χ3n) is 2.99. The van der Waals surface area contributed by atoms with E-state index in [9.17, 15) is 8.42 Å². The maximum absolute atomic E-state index is 12.2. The lowest BCUT2D eigenvalue weighted by molar-refractivity contribution is 0.285. The predicted molar refractivity (Wildman–Crippen MR) is 82.8 cm³/mol. The van der Waals surface area contributed by atoms with Gasteiger partial charge in [0, 0.05) is 27.1 Å². The van der Waals surface area contributed by atoms with Gasteiger partial charge in [-0.25, -0.2) is 13.1 Å². The molecule has 0 aromatic carbocycles. The number of rotatable bonds is 6. The molecule has 0 amide bonds. The Hall–Kier alpha value is -0.730. The summed E-state index contributed by atoms with van der Waals surface area (Å²) in [5.41, 5.74) is -0.253. The van der Waals surface area contributed by atoms with Crippen molar-refractivity contribution in [2.24, 2.45) is 0 Å². The highest BCUT2D eigenvalue weighted by Gasteiger charge is 2.25. The van der Waals surface area contributed by atoms with Crippen molar-refractivity contribution >= 4 is 32.7 Å². The highest BCUT2D eigenvalue weighted by molar-refractivity contribution is 7.89. The summed E-state index contributed by atoms with van der Waals surface area (Å²) in [6.45, 7) is 4.21. The van der Waals surface area contributed by atoms with Gasteiger partial charge in [0.1, 0.15) is 0 Å². The van der Waals surface area contributed by atoms with Gasteiger partial charge < -0.3 is 5.11 Å². The molecule has 4 nitrogen and oxygen atoms in total. The third kappa shape index (κ3) is 3.48. The quantitative estimate of drug-likeness (QED) is 0.855. The third-order valence-corrected chi connectivity index (χ3v) is 6.68. The van der Waals surface area contributed by atoms with E-state index in [1.165, 1.54) is 17.4 Å². The maximum atomic E-state index is 12.2. The van der Waals surface area contributed by atoms with Crippen LogP contribution in [0, 0.1) is 0 Å². The molecule has 2 aromatic rings. The van der Waals surface area contributed by atoms with Crippen molar-refractivity contribution in [3.05, 3.63) is 38.7 Å². The van der Waals surface area contributed by atoms with E-state index in [1.54, 1.807) is 16.7 Å². The van der Waals surface area contributed by atoms with Crippen molar-refractivity contribution in [2.75, 3.05) is 6.54 Å². The average Bonchev–Trinajstić information content (AvgIpc) is 3.07. The number of aliphatic hydroxyl groups is 1. The van der Waals surface area contributed by atoms with E-state index in [0.29, 0.717) is 11.4 Å². The van der Waals surface area contributed by atoms with Gasteiger partial charge >= 0.3 is 0 Å². The molecule has 2 N–H and O–H groups in total. The summed E-state index contributed by atoms with van der Waals surface area (Å²) in [4.78, 5) is 2.00. The second-order valence-electron chi connectivity index (χ2n) is 5.09. The van der Waals surface area contributed by atoms with Gasteiger partial charge in [0.2, 0.25) is 10.0 Å². The molecule has 0 atom stereocenters. The molecule has 0 bridgehead atoms. The SMILES string of the molecule is CC(C)(CNS(=O)(=O)c1csc(CO)c1)c1cccs1. The fourth-order valence-electron chi connectivity index (χ4n) is 1.69. The van der Waals surface area contributed by atoms with Crippen LogP contribution in [-0.4, -0.2) is 20.1 Å². The highest BCUT2D eigenvalue weighted by atomic mass is 32.2. The van der Waals surface area contributed by atoms with E-state index in [1.807, 2.05) is 31.4 Å². The fourth-order valence-corrected chi connectivity index (χ4v) is 4.89. The minimum atomic E-state index is -3.52. The molecule has 0 saturated heterocycles. The first-order chi connectivity index (χ1) is 9.35. The van der Waals surface area contributed by atoms with Crippen LogP contribution in [0.3, 0.4) is 0 Å². The van der Waals surface area contributed by atoms with Crippen LogP contribution >= 0.6 is 22.7 Å². The number of sulfonamides is 1. The zero-order chi connectivity index (χ0) is 14.8. The summed E-state index contributed by atoms with van der Waals surface area (Å²) in [6.07, 6.45) is 0. The lowest BCUT2D eigenvalue weighted by Gasteiger charge is -2.23. The van der Waals surface area contributed by atoms with Crippen LogP contribution in [0.5, 0.6) is 0 Å². The van der Waals surface area contributed by atoms with E-state index in [4.69, 9.17) is 5.11 Å².